The van der Waals surface area contributed by atoms with Crippen LogP contribution in [0.5, 0.6) is 5.75 Å². The summed E-state index contributed by atoms with van der Waals surface area (Å²) in [4.78, 5) is 12.0. The van der Waals surface area contributed by atoms with E-state index in [0.717, 1.165) is 42.6 Å². The molecule has 0 spiro atoms. The van der Waals surface area contributed by atoms with E-state index in [-0.39, 0.29) is 16.7 Å². The van der Waals surface area contributed by atoms with Gasteiger partial charge in [-0.15, -0.1) is 0 Å². The number of rotatable bonds is 11. The van der Waals surface area contributed by atoms with E-state index in [1.165, 1.54) is 0 Å². The Morgan fingerprint density at radius 2 is 1.89 bits per heavy atom. The Labute approximate surface area is 212 Å². The van der Waals surface area contributed by atoms with Crippen LogP contribution in [0.2, 0.25) is 0 Å². The number of benzene rings is 2. The van der Waals surface area contributed by atoms with Crippen LogP contribution in [0.15, 0.2) is 96.0 Å². The molecule has 3 N–H and O–H groups in total. The first-order chi connectivity index (χ1) is 17.5. The standard InChI is InChI=1S/C29H33N3O4/c1-22-26(36-20-23-10-3-2-4-11-23)19-32(31-27(22)28(33)34)21-29(14-5-6-15-29)24-12-9-13-25(18-24)35-17-8-7-16-30/h2-4,7-13,18-19H,1,5-6,14-17,20-21,30H2,(H,33,34). The summed E-state index contributed by atoms with van der Waals surface area (Å²) in [5.74, 6) is 0.0908. The van der Waals surface area contributed by atoms with Crippen molar-refractivity contribution in [1.82, 2.24) is 5.01 Å². The van der Waals surface area contributed by atoms with Gasteiger partial charge in [0.15, 0.2) is 5.71 Å². The Balaban J connectivity index is 1.57. The fourth-order valence-corrected chi connectivity index (χ4v) is 4.78. The second-order valence-corrected chi connectivity index (χ2v) is 9.13. The molecule has 0 atom stereocenters. The summed E-state index contributed by atoms with van der Waals surface area (Å²) in [6.45, 7) is 5.73. The molecule has 4 rings (SSSR count). The van der Waals surface area contributed by atoms with Crippen LogP contribution in [0.1, 0.15) is 36.8 Å². The molecule has 0 aromatic heterocycles. The van der Waals surface area contributed by atoms with E-state index in [4.69, 9.17) is 15.2 Å². The van der Waals surface area contributed by atoms with Crippen LogP contribution in [0, 0.1) is 0 Å². The van der Waals surface area contributed by atoms with Crippen molar-refractivity contribution in [1.29, 1.82) is 0 Å². The number of hydrazone groups is 1. The number of carboxylic acids is 1. The van der Waals surface area contributed by atoms with Crippen LogP contribution >= 0.6 is 0 Å². The van der Waals surface area contributed by atoms with Crippen molar-refractivity contribution in [3.8, 4) is 5.75 Å². The zero-order chi connectivity index (χ0) is 25.4. The molecule has 2 aliphatic rings. The molecule has 7 nitrogen and oxygen atoms in total. The summed E-state index contributed by atoms with van der Waals surface area (Å²) >= 11 is 0. The van der Waals surface area contributed by atoms with Gasteiger partial charge in [-0.25, -0.2) is 4.79 Å². The molecule has 2 aromatic rings. The zero-order valence-corrected chi connectivity index (χ0v) is 20.4. The molecular weight excluding hydrogens is 454 g/mol. The number of aliphatic carboxylic acids is 1. The number of carboxylic acid groups (broad SMARTS) is 1. The van der Waals surface area contributed by atoms with Gasteiger partial charge in [0.25, 0.3) is 0 Å². The SMILES string of the molecule is C=C1C(OCc2ccccc2)=CN(CC2(c3cccc(OCC=CCN)c3)CCCC2)N=C1C(=O)O. The van der Waals surface area contributed by atoms with E-state index in [0.29, 0.717) is 32.1 Å². The lowest BCUT2D eigenvalue weighted by molar-refractivity contribution is -0.129. The quantitative estimate of drug-likeness (QED) is 0.444. The van der Waals surface area contributed by atoms with Crippen molar-refractivity contribution in [3.63, 3.8) is 0 Å². The van der Waals surface area contributed by atoms with Gasteiger partial charge in [0.1, 0.15) is 24.7 Å². The van der Waals surface area contributed by atoms with Crippen LogP contribution in [-0.4, -0.2) is 41.5 Å². The van der Waals surface area contributed by atoms with Crippen molar-refractivity contribution >= 4 is 11.7 Å². The molecule has 1 aliphatic heterocycles. The van der Waals surface area contributed by atoms with Gasteiger partial charge in [0, 0.05) is 17.5 Å². The smallest absolute Gasteiger partial charge is 0.357 e. The van der Waals surface area contributed by atoms with E-state index in [1.807, 2.05) is 54.6 Å². The third-order valence-electron chi connectivity index (χ3n) is 6.64. The summed E-state index contributed by atoms with van der Waals surface area (Å²) in [5.41, 5.74) is 7.65. The molecule has 0 radical (unpaired) electrons. The van der Waals surface area contributed by atoms with Gasteiger partial charge in [-0.2, -0.15) is 5.10 Å². The number of ether oxygens (including phenoxy) is 2. The monoisotopic (exact) mass is 487 g/mol. The minimum atomic E-state index is -1.12. The number of allylic oxidation sites excluding steroid dienone is 1. The minimum Gasteiger partial charge on any atom is -0.490 e. The van der Waals surface area contributed by atoms with Gasteiger partial charge in [-0.1, -0.05) is 74.0 Å². The predicted molar refractivity (Wildman–Crippen MR) is 141 cm³/mol. The largest absolute Gasteiger partial charge is 0.490 e. The summed E-state index contributed by atoms with van der Waals surface area (Å²) in [6, 6.07) is 17.9. The van der Waals surface area contributed by atoms with E-state index >= 15 is 0 Å². The number of nitrogens with zero attached hydrogens (tertiary/aromatic N) is 2. The Hall–Kier alpha value is -3.84. The van der Waals surface area contributed by atoms with Gasteiger partial charge in [-0.05, 0) is 36.1 Å². The maximum absolute atomic E-state index is 12.0. The van der Waals surface area contributed by atoms with Crippen LogP contribution in [0.3, 0.4) is 0 Å². The van der Waals surface area contributed by atoms with Crippen LogP contribution in [0.4, 0.5) is 0 Å². The maximum Gasteiger partial charge on any atom is 0.357 e. The Morgan fingerprint density at radius 1 is 1.11 bits per heavy atom. The maximum atomic E-state index is 12.0. The molecule has 1 saturated carbocycles. The lowest BCUT2D eigenvalue weighted by Crippen LogP contribution is -2.37. The zero-order valence-electron chi connectivity index (χ0n) is 20.4. The molecule has 188 valence electrons. The van der Waals surface area contributed by atoms with Gasteiger partial charge in [0.05, 0.1) is 12.7 Å². The second kappa shape index (κ2) is 11.7. The fourth-order valence-electron chi connectivity index (χ4n) is 4.78. The third-order valence-corrected chi connectivity index (χ3v) is 6.64. The number of hydrogen-bond acceptors (Lipinski definition) is 6. The van der Waals surface area contributed by atoms with E-state index < -0.39 is 5.97 Å². The molecular formula is C29H33N3O4. The number of hydrogen-bond donors (Lipinski definition) is 2. The van der Waals surface area contributed by atoms with E-state index in [1.54, 1.807) is 11.2 Å². The van der Waals surface area contributed by atoms with Crippen LogP contribution < -0.4 is 10.5 Å². The topological polar surface area (TPSA) is 97.4 Å². The highest BCUT2D eigenvalue weighted by Crippen LogP contribution is 2.43. The highest BCUT2D eigenvalue weighted by molar-refractivity contribution is 6.43. The van der Waals surface area contributed by atoms with Gasteiger partial charge < -0.3 is 20.3 Å². The van der Waals surface area contributed by atoms with Crippen molar-refractivity contribution in [2.45, 2.75) is 37.7 Å². The van der Waals surface area contributed by atoms with E-state index in [2.05, 4.69) is 23.8 Å². The first-order valence-electron chi connectivity index (χ1n) is 12.3. The third kappa shape index (κ3) is 6.04. The molecule has 0 saturated heterocycles. The van der Waals surface area contributed by atoms with Crippen LogP contribution in [0.25, 0.3) is 0 Å². The summed E-state index contributed by atoms with van der Waals surface area (Å²) in [6.07, 6.45) is 9.70. The first-order valence-corrected chi connectivity index (χ1v) is 12.3. The van der Waals surface area contributed by atoms with Crippen molar-refractivity contribution in [2.24, 2.45) is 10.8 Å². The van der Waals surface area contributed by atoms with Gasteiger partial charge in [0.2, 0.25) is 0 Å². The molecule has 0 bridgehead atoms. The average molecular weight is 488 g/mol. The van der Waals surface area contributed by atoms with Crippen LogP contribution in [-0.2, 0) is 21.6 Å². The Bertz CT molecular complexity index is 1160. The number of carbonyl (C=O) groups is 1. The summed E-state index contributed by atoms with van der Waals surface area (Å²) in [5, 5.41) is 15.9. The van der Waals surface area contributed by atoms with Crippen molar-refractivity contribution in [2.75, 3.05) is 19.7 Å². The molecule has 1 heterocycles. The van der Waals surface area contributed by atoms with Crippen molar-refractivity contribution in [3.05, 3.63) is 102 Å². The number of nitrogens with two attached hydrogens (primary N) is 1. The summed E-state index contributed by atoms with van der Waals surface area (Å²) in [7, 11) is 0. The molecule has 0 amide bonds. The summed E-state index contributed by atoms with van der Waals surface area (Å²) < 4.78 is 11.9. The lowest BCUT2D eigenvalue weighted by atomic mass is 9.78. The molecule has 7 heteroatoms. The van der Waals surface area contributed by atoms with E-state index in [9.17, 15) is 9.90 Å². The van der Waals surface area contributed by atoms with Crippen molar-refractivity contribution < 1.29 is 19.4 Å². The highest BCUT2D eigenvalue weighted by atomic mass is 16.5. The molecule has 0 unspecified atom stereocenters. The predicted octanol–water partition coefficient (Wildman–Crippen LogP) is 4.76. The lowest BCUT2D eigenvalue weighted by Gasteiger charge is -2.35. The van der Waals surface area contributed by atoms with Gasteiger partial charge in [-0.3, -0.25) is 5.01 Å². The average Bonchev–Trinajstić information content (AvgIpc) is 3.37. The molecule has 1 aliphatic carbocycles. The molecule has 1 fully saturated rings. The first kappa shape index (κ1) is 25.3. The Morgan fingerprint density at radius 3 is 2.61 bits per heavy atom. The fraction of sp³-hybridized carbons (Fsp3) is 0.310. The second-order valence-electron chi connectivity index (χ2n) is 9.13. The highest BCUT2D eigenvalue weighted by Gasteiger charge is 2.39. The Kier molecular flexibility index (Phi) is 8.23. The normalized spacial score (nSPS) is 17.1. The minimum absolute atomic E-state index is 0.0996. The molecule has 36 heavy (non-hydrogen) atoms. The van der Waals surface area contributed by atoms with Gasteiger partial charge >= 0.3 is 5.97 Å². The molecule has 2 aromatic carbocycles.